The molecule has 19 heavy (non-hydrogen) atoms. The van der Waals surface area contributed by atoms with E-state index >= 15 is 0 Å². The fourth-order valence-corrected chi connectivity index (χ4v) is 1.54. The second-order valence-electron chi connectivity index (χ2n) is 4.00. The van der Waals surface area contributed by atoms with Gasteiger partial charge in [0.15, 0.2) is 0 Å². The second-order valence-corrected chi connectivity index (χ2v) is 4.00. The summed E-state index contributed by atoms with van der Waals surface area (Å²) in [5, 5.41) is 17.2. The van der Waals surface area contributed by atoms with Gasteiger partial charge in [0.1, 0.15) is 18.1 Å². The molecule has 0 aliphatic heterocycles. The van der Waals surface area contributed by atoms with Crippen molar-refractivity contribution in [2.45, 2.75) is 26.7 Å². The van der Waals surface area contributed by atoms with Crippen molar-refractivity contribution in [3.63, 3.8) is 0 Å². The lowest BCUT2D eigenvalue weighted by Gasteiger charge is -2.03. The van der Waals surface area contributed by atoms with Crippen LogP contribution in [0, 0.1) is 0 Å². The van der Waals surface area contributed by atoms with Gasteiger partial charge in [-0.2, -0.15) is 10.2 Å². The first-order chi connectivity index (χ1) is 9.24. The van der Waals surface area contributed by atoms with E-state index in [4.69, 9.17) is 9.84 Å². The quantitative estimate of drug-likeness (QED) is 0.759. The summed E-state index contributed by atoms with van der Waals surface area (Å²) < 4.78 is 8.50. The molecule has 2 heterocycles. The summed E-state index contributed by atoms with van der Waals surface area (Å²) >= 11 is 0. The predicted octanol–water partition coefficient (Wildman–Crippen LogP) is 0.305. The average molecular weight is 264 g/mol. The van der Waals surface area contributed by atoms with Gasteiger partial charge >= 0.3 is 0 Å². The Morgan fingerprint density at radius 3 is 3.05 bits per heavy atom. The van der Waals surface area contributed by atoms with Crippen LogP contribution in [0.25, 0.3) is 5.69 Å². The molecule has 2 aromatic heterocycles. The Bertz CT molecular complexity index is 591. The highest BCUT2D eigenvalue weighted by atomic mass is 16.5. The monoisotopic (exact) mass is 264 g/mol. The first-order valence-corrected chi connectivity index (χ1v) is 6.05. The Hall–Kier alpha value is -1.99. The third-order valence-corrected chi connectivity index (χ3v) is 2.49. The minimum absolute atomic E-state index is 0.109. The maximum atomic E-state index is 11.3. The van der Waals surface area contributed by atoms with Crippen LogP contribution >= 0.6 is 0 Å². The number of ether oxygens (including phenoxy) is 1. The van der Waals surface area contributed by atoms with E-state index in [1.807, 2.05) is 6.92 Å². The molecule has 0 atom stereocenters. The van der Waals surface area contributed by atoms with Crippen LogP contribution in [0.15, 0.2) is 29.5 Å². The second kappa shape index (κ2) is 6.26. The summed E-state index contributed by atoms with van der Waals surface area (Å²) in [6.07, 6.45) is 5.87. The maximum Gasteiger partial charge on any atom is 0.205 e. The van der Waals surface area contributed by atoms with Crippen LogP contribution in [0.4, 0.5) is 0 Å². The first kappa shape index (κ1) is 13.4. The van der Waals surface area contributed by atoms with E-state index < -0.39 is 0 Å². The first-order valence-electron chi connectivity index (χ1n) is 6.05. The molecule has 0 saturated carbocycles. The number of hydrogen-bond acceptors (Lipinski definition) is 5. The molecule has 0 aromatic carbocycles. The topological polar surface area (TPSA) is 82.2 Å². The number of rotatable bonds is 6. The van der Waals surface area contributed by atoms with Gasteiger partial charge in [-0.25, -0.2) is 9.36 Å². The van der Waals surface area contributed by atoms with Crippen molar-refractivity contribution in [3.05, 3.63) is 40.6 Å². The standard InChI is InChI=1S/C12H16N4O3/c1-2-5-19-9-15-7-10(6-13-15)16-4-3-12(18)11(8-17)14-16/h3-4,6-7,17H,2,5,8-9H2,1H3. The number of aromatic nitrogens is 4. The Kier molecular flexibility index (Phi) is 4.43. The summed E-state index contributed by atoms with van der Waals surface area (Å²) in [6, 6.07) is 1.36. The molecule has 0 fully saturated rings. The van der Waals surface area contributed by atoms with E-state index in [-0.39, 0.29) is 17.7 Å². The van der Waals surface area contributed by atoms with Gasteiger partial charge in [0.25, 0.3) is 0 Å². The van der Waals surface area contributed by atoms with Gasteiger partial charge in [-0.1, -0.05) is 6.92 Å². The van der Waals surface area contributed by atoms with Gasteiger partial charge in [-0.15, -0.1) is 0 Å². The minimum Gasteiger partial charge on any atom is -0.390 e. The molecule has 2 rings (SSSR count). The fraction of sp³-hybridized carbons (Fsp3) is 0.417. The highest BCUT2D eigenvalue weighted by Gasteiger charge is 2.04. The third kappa shape index (κ3) is 3.27. The van der Waals surface area contributed by atoms with Gasteiger partial charge in [-0.05, 0) is 6.42 Å². The van der Waals surface area contributed by atoms with Gasteiger partial charge in [-0.3, -0.25) is 4.79 Å². The molecule has 0 bridgehead atoms. The Labute approximate surface area is 110 Å². The van der Waals surface area contributed by atoms with E-state index in [0.29, 0.717) is 19.0 Å². The zero-order valence-electron chi connectivity index (χ0n) is 10.7. The highest BCUT2D eigenvalue weighted by Crippen LogP contribution is 2.04. The molecule has 7 heteroatoms. The van der Waals surface area contributed by atoms with Crippen LogP contribution in [0.2, 0.25) is 0 Å². The van der Waals surface area contributed by atoms with Crippen LogP contribution in [-0.4, -0.2) is 31.3 Å². The van der Waals surface area contributed by atoms with E-state index in [1.54, 1.807) is 17.1 Å². The van der Waals surface area contributed by atoms with Gasteiger partial charge < -0.3 is 9.84 Å². The minimum atomic E-state index is -0.382. The summed E-state index contributed by atoms with van der Waals surface area (Å²) in [4.78, 5) is 11.3. The van der Waals surface area contributed by atoms with Crippen molar-refractivity contribution in [1.29, 1.82) is 0 Å². The molecule has 1 N–H and O–H groups in total. The van der Waals surface area contributed by atoms with Gasteiger partial charge in [0.05, 0.1) is 19.0 Å². The lowest BCUT2D eigenvalue weighted by atomic mass is 10.4. The van der Waals surface area contributed by atoms with Crippen LogP contribution in [0.1, 0.15) is 19.0 Å². The third-order valence-electron chi connectivity index (χ3n) is 2.49. The van der Waals surface area contributed by atoms with Crippen LogP contribution in [0.3, 0.4) is 0 Å². The van der Waals surface area contributed by atoms with Crippen molar-refractivity contribution < 1.29 is 9.84 Å². The molecule has 0 spiro atoms. The van der Waals surface area contributed by atoms with E-state index in [0.717, 1.165) is 6.42 Å². The fourth-order valence-electron chi connectivity index (χ4n) is 1.54. The molecule has 0 amide bonds. The molecule has 0 unspecified atom stereocenters. The SMILES string of the molecule is CCCOCn1cc(-n2ccc(=O)c(CO)n2)cn1. The van der Waals surface area contributed by atoms with Crippen molar-refractivity contribution in [3.8, 4) is 5.69 Å². The lowest BCUT2D eigenvalue weighted by Crippen LogP contribution is -2.15. The van der Waals surface area contributed by atoms with Crippen LogP contribution in [0.5, 0.6) is 0 Å². The highest BCUT2D eigenvalue weighted by molar-refractivity contribution is 5.23. The largest absolute Gasteiger partial charge is 0.390 e. The summed E-state index contributed by atoms with van der Waals surface area (Å²) in [7, 11) is 0. The van der Waals surface area contributed by atoms with E-state index in [1.165, 1.54) is 16.9 Å². The summed E-state index contributed by atoms with van der Waals surface area (Å²) in [5.41, 5.74) is 0.532. The van der Waals surface area contributed by atoms with E-state index in [2.05, 4.69) is 10.2 Å². The number of aliphatic hydroxyl groups excluding tert-OH is 1. The number of aliphatic hydroxyl groups is 1. The lowest BCUT2D eigenvalue weighted by molar-refractivity contribution is 0.0693. The van der Waals surface area contributed by atoms with Gasteiger partial charge in [0, 0.05) is 18.9 Å². The number of hydrogen-bond donors (Lipinski definition) is 1. The predicted molar refractivity (Wildman–Crippen MR) is 67.8 cm³/mol. The van der Waals surface area contributed by atoms with Crippen molar-refractivity contribution in [1.82, 2.24) is 19.6 Å². The molecule has 0 radical (unpaired) electrons. The zero-order valence-corrected chi connectivity index (χ0v) is 10.7. The molecule has 2 aromatic rings. The molecular weight excluding hydrogens is 248 g/mol. The summed E-state index contributed by atoms with van der Waals surface area (Å²) in [6.45, 7) is 2.71. The van der Waals surface area contributed by atoms with Crippen LogP contribution in [-0.2, 0) is 18.1 Å². The van der Waals surface area contributed by atoms with E-state index in [9.17, 15) is 4.79 Å². The summed E-state index contributed by atoms with van der Waals surface area (Å²) in [5.74, 6) is 0. The molecule has 102 valence electrons. The molecule has 0 saturated heterocycles. The Morgan fingerprint density at radius 2 is 2.32 bits per heavy atom. The van der Waals surface area contributed by atoms with Crippen molar-refractivity contribution >= 4 is 0 Å². The van der Waals surface area contributed by atoms with Crippen molar-refractivity contribution in [2.24, 2.45) is 0 Å². The average Bonchev–Trinajstić information content (AvgIpc) is 2.88. The molecular formula is C12H16N4O3. The molecule has 0 aliphatic rings. The van der Waals surface area contributed by atoms with Crippen LogP contribution < -0.4 is 5.43 Å². The smallest absolute Gasteiger partial charge is 0.205 e. The number of nitrogens with zero attached hydrogens (tertiary/aromatic N) is 4. The molecule has 0 aliphatic carbocycles. The normalized spacial score (nSPS) is 10.8. The molecule has 7 nitrogen and oxygen atoms in total. The Morgan fingerprint density at radius 1 is 1.47 bits per heavy atom. The van der Waals surface area contributed by atoms with Crippen molar-refractivity contribution in [2.75, 3.05) is 6.61 Å². The maximum absolute atomic E-state index is 11.3. The zero-order chi connectivity index (χ0) is 13.7. The Balaban J connectivity index is 2.16. The van der Waals surface area contributed by atoms with Gasteiger partial charge in [0.2, 0.25) is 5.43 Å².